The maximum Gasteiger partial charge on any atom is -0.0292 e. The predicted molar refractivity (Wildman–Crippen MR) is 378 cm³/mol. The third-order valence-electron chi connectivity index (χ3n) is 31.3. The first-order valence-electron chi connectivity index (χ1n) is 40.6. The molecule has 0 saturated heterocycles. The quantitative estimate of drug-likeness (QED) is 0.245. The monoisotopic (exact) mass is 1190 g/mol. The lowest BCUT2D eigenvalue weighted by atomic mass is 9.49. The van der Waals surface area contributed by atoms with Crippen molar-refractivity contribution in [1.29, 1.82) is 0 Å². The molecule has 20 aliphatic carbocycles. The molecule has 20 saturated carbocycles. The molecule has 0 N–H and O–H groups in total. The van der Waals surface area contributed by atoms with E-state index in [4.69, 9.17) is 0 Å². The average Bonchev–Trinajstić information content (AvgIpc) is 1.83. The Labute approximate surface area is 541 Å². The Kier molecular flexibility index (Phi) is 24.3. The van der Waals surface area contributed by atoms with Crippen LogP contribution in [0, 0.1) is 138 Å². The minimum Gasteiger partial charge on any atom is -0.0649 e. The summed E-state index contributed by atoms with van der Waals surface area (Å²) in [7, 11) is 0. The number of hydrogen-bond donors (Lipinski definition) is 0. The van der Waals surface area contributed by atoms with E-state index in [0.717, 1.165) is 122 Å². The van der Waals surface area contributed by atoms with Gasteiger partial charge in [-0.05, 0) is 356 Å². The van der Waals surface area contributed by atoms with Crippen molar-refractivity contribution >= 4 is 0 Å². The first-order chi connectivity index (χ1) is 40.6. The highest BCUT2D eigenvalue weighted by Crippen LogP contribution is 2.63. The maximum atomic E-state index is 2.54. The molecule has 3 atom stereocenters. The third-order valence-corrected chi connectivity index (χ3v) is 31.3. The van der Waals surface area contributed by atoms with E-state index in [-0.39, 0.29) is 0 Å². The molecule has 20 fully saturated rings. The average molecular weight is 1190 g/mol. The van der Waals surface area contributed by atoms with E-state index in [0.29, 0.717) is 16.2 Å². The molecule has 20 rings (SSSR count). The maximum absolute atomic E-state index is 2.54. The molecule has 0 heterocycles. The van der Waals surface area contributed by atoms with Gasteiger partial charge in [-0.3, -0.25) is 0 Å². The number of hydrogen-bond acceptors (Lipinski definition) is 0. The van der Waals surface area contributed by atoms with Crippen LogP contribution in [0.1, 0.15) is 406 Å². The molecule has 12 bridgehead atoms. The van der Waals surface area contributed by atoms with E-state index >= 15 is 0 Å². The summed E-state index contributed by atoms with van der Waals surface area (Å²) in [6.07, 6.45) is 70.9. The smallest absolute Gasteiger partial charge is 0.0292 e. The Morgan fingerprint density at radius 3 is 0.884 bits per heavy atom. The molecule has 500 valence electrons. The third kappa shape index (κ3) is 19.1. The van der Waals surface area contributed by atoms with Crippen molar-refractivity contribution in [2.45, 2.75) is 406 Å². The van der Waals surface area contributed by atoms with Crippen LogP contribution in [0.5, 0.6) is 0 Å². The Balaban J connectivity index is 0.000000119. The zero-order valence-electron chi connectivity index (χ0n) is 61.8. The Morgan fingerprint density at radius 2 is 0.616 bits per heavy atom. The summed E-state index contributed by atoms with van der Waals surface area (Å²) in [6, 6.07) is 0. The molecule has 1 unspecified atom stereocenters. The van der Waals surface area contributed by atoms with Crippen LogP contribution in [-0.4, -0.2) is 0 Å². The molecule has 0 aliphatic heterocycles. The number of fused-ring (bicyclic) bond motifs is 6. The fourth-order valence-electron chi connectivity index (χ4n) is 25.2. The molecular weight excluding hydrogens is 1030 g/mol. The molecule has 0 aromatic rings. The topological polar surface area (TPSA) is 0 Å². The minimum absolute atomic E-state index is 0.500. The lowest BCUT2D eigenvalue weighted by molar-refractivity contribution is -0.0545. The number of rotatable bonds is 1. The molecular formula is C86H156. The van der Waals surface area contributed by atoms with E-state index in [9.17, 15) is 0 Å². The Morgan fingerprint density at radius 1 is 0.326 bits per heavy atom. The van der Waals surface area contributed by atoms with Gasteiger partial charge < -0.3 is 0 Å². The summed E-state index contributed by atoms with van der Waals surface area (Å²) < 4.78 is 0. The summed E-state index contributed by atoms with van der Waals surface area (Å²) in [5, 5.41) is 0. The standard InChI is InChI=1S/C14H26.C12H20.C12H22.C11H18.2C11H20.C10H18.C5H12/c1-12-4-6-14(7-5-12)10-8-13(2,3)9-11-14;1-2-12-6-9-3-10(7-12)5-11(4-9)8-12;1-11-5-9-12(10-6-11)7-3-2-4-8-12;1-11-5-8-2-9(6-11)4-10(3-8)7-11;1-8-9-4-6-10(7-5-9)11(8,2)3;1-10-4-8-11(9-5-10)6-2-3-7-11;1-7-8(2)10-5-3-9(7)4-6-10;1-5(2,3)4/h12H,4-11H2,1-3H3;9-11H,2-8H2,1H3;11H,2-10H2,1H3;8-10H,2-7H2,1H3;8-10H,4-7H2,1-3H3;10H,2-9H2,1H3;7-10H,3-6H2,1-2H3;1-4H3/t;;;;8-,9?,10?;;7-,8?,9?,10?;/m....1.0./s1. The van der Waals surface area contributed by atoms with Crippen molar-refractivity contribution in [2.75, 3.05) is 0 Å². The zero-order valence-corrected chi connectivity index (χ0v) is 61.8. The van der Waals surface area contributed by atoms with E-state index in [1.165, 1.54) is 167 Å². The summed E-state index contributed by atoms with van der Waals surface area (Å²) in [5.41, 5.74) is 5.93. The van der Waals surface area contributed by atoms with Crippen LogP contribution in [0.2, 0.25) is 0 Å². The molecule has 0 heteroatoms. The first-order valence-corrected chi connectivity index (χ1v) is 40.6. The van der Waals surface area contributed by atoms with Gasteiger partial charge in [0, 0.05) is 0 Å². The van der Waals surface area contributed by atoms with Crippen molar-refractivity contribution in [2.24, 2.45) is 138 Å². The highest BCUT2D eigenvalue weighted by molar-refractivity contribution is 5.02. The van der Waals surface area contributed by atoms with Gasteiger partial charge in [0.1, 0.15) is 0 Å². The van der Waals surface area contributed by atoms with E-state index in [2.05, 4.69) is 111 Å². The summed E-state index contributed by atoms with van der Waals surface area (Å²) in [4.78, 5) is 0. The van der Waals surface area contributed by atoms with E-state index in [1.54, 1.807) is 128 Å². The second-order valence-corrected chi connectivity index (χ2v) is 41.1. The van der Waals surface area contributed by atoms with Crippen molar-refractivity contribution < 1.29 is 0 Å². The molecule has 86 heavy (non-hydrogen) atoms. The lowest BCUT2D eigenvalue weighted by Gasteiger charge is -2.56. The van der Waals surface area contributed by atoms with Gasteiger partial charge in [-0.25, -0.2) is 0 Å². The first kappa shape index (κ1) is 70.3. The van der Waals surface area contributed by atoms with Crippen molar-refractivity contribution in [3.8, 4) is 0 Å². The summed E-state index contributed by atoms with van der Waals surface area (Å²) >= 11 is 0. The fraction of sp³-hybridized carbons (Fsp3) is 1.00. The summed E-state index contributed by atoms with van der Waals surface area (Å²) in [5.74, 6) is 17.3. The van der Waals surface area contributed by atoms with E-state index < -0.39 is 0 Å². The largest absolute Gasteiger partial charge is 0.0649 e. The minimum atomic E-state index is 0.500. The van der Waals surface area contributed by atoms with Crippen molar-refractivity contribution in [3.63, 3.8) is 0 Å². The van der Waals surface area contributed by atoms with E-state index in [1.807, 2.05) is 0 Å². The van der Waals surface area contributed by atoms with Crippen LogP contribution >= 0.6 is 0 Å². The molecule has 20 aliphatic rings. The summed E-state index contributed by atoms with van der Waals surface area (Å²) in [6.45, 7) is 38.2. The molecule has 0 nitrogen and oxygen atoms in total. The Hall–Kier alpha value is 0. The van der Waals surface area contributed by atoms with Gasteiger partial charge in [0.15, 0.2) is 0 Å². The van der Waals surface area contributed by atoms with Gasteiger partial charge in [0.05, 0.1) is 0 Å². The van der Waals surface area contributed by atoms with Crippen LogP contribution in [0.4, 0.5) is 0 Å². The molecule has 0 amide bonds. The van der Waals surface area contributed by atoms with Gasteiger partial charge in [-0.2, -0.15) is 0 Å². The second-order valence-electron chi connectivity index (χ2n) is 41.1. The lowest BCUT2D eigenvalue weighted by Crippen LogP contribution is -2.45. The van der Waals surface area contributed by atoms with Crippen molar-refractivity contribution in [3.05, 3.63) is 0 Å². The van der Waals surface area contributed by atoms with Gasteiger partial charge in [0.25, 0.3) is 0 Å². The normalized spacial score (nSPS) is 42.7. The van der Waals surface area contributed by atoms with Crippen molar-refractivity contribution in [1.82, 2.24) is 0 Å². The van der Waals surface area contributed by atoms with Gasteiger partial charge in [-0.1, -0.05) is 188 Å². The molecule has 0 aromatic carbocycles. The molecule has 3 spiro atoms. The Bertz CT molecular complexity index is 1830. The van der Waals surface area contributed by atoms with Crippen LogP contribution < -0.4 is 0 Å². The van der Waals surface area contributed by atoms with Gasteiger partial charge in [-0.15, -0.1) is 0 Å². The van der Waals surface area contributed by atoms with Crippen LogP contribution in [0.3, 0.4) is 0 Å². The molecule has 0 aromatic heterocycles. The van der Waals surface area contributed by atoms with Crippen LogP contribution in [0.15, 0.2) is 0 Å². The van der Waals surface area contributed by atoms with Gasteiger partial charge in [0.2, 0.25) is 0 Å². The second kappa shape index (κ2) is 29.7. The highest BCUT2D eigenvalue weighted by atomic mass is 14.6. The van der Waals surface area contributed by atoms with Gasteiger partial charge >= 0.3 is 0 Å². The zero-order chi connectivity index (χ0) is 61.8. The highest BCUT2D eigenvalue weighted by Gasteiger charge is 2.51. The molecule has 0 radical (unpaired) electrons. The van der Waals surface area contributed by atoms with Crippen LogP contribution in [0.25, 0.3) is 0 Å². The predicted octanol–water partition coefficient (Wildman–Crippen LogP) is 28.1. The SMILES string of the molecule is CC(C)(C)C.CC12CC3CC(CC(C3)C1)C2.CC1C2CCC(CC2)[C@H]1C.CC1CCC2(CC1)CCC(C)(C)CC2.CC1CCC2(CCCC2)CC1.CC1CCC2(CCCCC2)CC1.CCC12CC3CC(CC(C3)C1)C2.C[C@@H]1C2CCC(CC2)C1(C)C. The van der Waals surface area contributed by atoms with Crippen LogP contribution in [-0.2, 0) is 0 Å². The fourth-order valence-corrected chi connectivity index (χ4v) is 25.2.